The predicted octanol–water partition coefficient (Wildman–Crippen LogP) is 4.85. The SMILES string of the molecule is COc1ccc(C(O)c2ccc(Cl)c(Br)c2)c(Cl)c1. The van der Waals surface area contributed by atoms with Gasteiger partial charge in [-0.15, -0.1) is 0 Å². The third-order valence-electron chi connectivity index (χ3n) is 2.76. The largest absolute Gasteiger partial charge is 0.497 e. The summed E-state index contributed by atoms with van der Waals surface area (Å²) in [5, 5.41) is 11.4. The molecule has 2 rings (SSSR count). The van der Waals surface area contributed by atoms with E-state index in [2.05, 4.69) is 15.9 Å². The summed E-state index contributed by atoms with van der Waals surface area (Å²) < 4.78 is 5.81. The molecule has 1 atom stereocenters. The van der Waals surface area contributed by atoms with Gasteiger partial charge in [0.15, 0.2) is 0 Å². The van der Waals surface area contributed by atoms with Crippen LogP contribution in [0.4, 0.5) is 0 Å². The molecule has 0 radical (unpaired) electrons. The van der Waals surface area contributed by atoms with Crippen molar-refractivity contribution in [3.8, 4) is 5.75 Å². The van der Waals surface area contributed by atoms with Gasteiger partial charge in [-0.3, -0.25) is 0 Å². The molecule has 2 aromatic carbocycles. The maximum Gasteiger partial charge on any atom is 0.120 e. The van der Waals surface area contributed by atoms with Crippen LogP contribution in [0.2, 0.25) is 10.0 Å². The van der Waals surface area contributed by atoms with Gasteiger partial charge >= 0.3 is 0 Å². The van der Waals surface area contributed by atoms with Crippen LogP contribution < -0.4 is 4.74 Å². The van der Waals surface area contributed by atoms with E-state index >= 15 is 0 Å². The molecule has 0 aliphatic rings. The number of ether oxygens (including phenoxy) is 1. The number of rotatable bonds is 3. The van der Waals surface area contributed by atoms with Gasteiger partial charge in [0, 0.05) is 10.0 Å². The molecule has 2 aromatic rings. The van der Waals surface area contributed by atoms with Crippen molar-refractivity contribution >= 4 is 39.1 Å². The van der Waals surface area contributed by atoms with Crippen LogP contribution in [0, 0.1) is 0 Å². The maximum atomic E-state index is 10.4. The lowest BCUT2D eigenvalue weighted by Gasteiger charge is -2.14. The smallest absolute Gasteiger partial charge is 0.120 e. The highest BCUT2D eigenvalue weighted by atomic mass is 79.9. The molecule has 19 heavy (non-hydrogen) atoms. The molecule has 0 saturated carbocycles. The van der Waals surface area contributed by atoms with Crippen LogP contribution in [-0.2, 0) is 0 Å². The van der Waals surface area contributed by atoms with Crippen molar-refractivity contribution in [2.75, 3.05) is 7.11 Å². The third-order valence-corrected chi connectivity index (χ3v) is 4.30. The van der Waals surface area contributed by atoms with Gasteiger partial charge < -0.3 is 9.84 Å². The van der Waals surface area contributed by atoms with Crippen LogP contribution in [-0.4, -0.2) is 12.2 Å². The van der Waals surface area contributed by atoms with Crippen LogP contribution >= 0.6 is 39.1 Å². The van der Waals surface area contributed by atoms with Crippen molar-refractivity contribution in [2.45, 2.75) is 6.10 Å². The molecule has 5 heteroatoms. The van der Waals surface area contributed by atoms with Gasteiger partial charge in [0.2, 0.25) is 0 Å². The van der Waals surface area contributed by atoms with Crippen molar-refractivity contribution < 1.29 is 9.84 Å². The Balaban J connectivity index is 2.38. The van der Waals surface area contributed by atoms with E-state index in [9.17, 15) is 5.11 Å². The molecule has 0 saturated heterocycles. The predicted molar refractivity (Wildman–Crippen MR) is 81.2 cm³/mol. The number of aliphatic hydroxyl groups excluding tert-OH is 1. The highest BCUT2D eigenvalue weighted by Crippen LogP contribution is 2.33. The molecule has 0 fully saturated rings. The zero-order valence-corrected chi connectivity index (χ0v) is 13.1. The minimum absolute atomic E-state index is 0.456. The molecule has 1 unspecified atom stereocenters. The Morgan fingerprint density at radius 2 is 1.84 bits per heavy atom. The molecule has 0 heterocycles. The van der Waals surface area contributed by atoms with Crippen molar-refractivity contribution in [3.63, 3.8) is 0 Å². The minimum Gasteiger partial charge on any atom is -0.497 e. The first-order valence-electron chi connectivity index (χ1n) is 5.49. The molecular formula is C14H11BrCl2O2. The second-order valence-electron chi connectivity index (χ2n) is 3.96. The first-order chi connectivity index (χ1) is 9.02. The van der Waals surface area contributed by atoms with Crippen LogP contribution in [0.3, 0.4) is 0 Å². The molecular weight excluding hydrogens is 351 g/mol. The molecule has 0 aromatic heterocycles. The summed E-state index contributed by atoms with van der Waals surface area (Å²) in [5.74, 6) is 0.651. The quantitative estimate of drug-likeness (QED) is 0.846. The maximum absolute atomic E-state index is 10.4. The van der Waals surface area contributed by atoms with Gasteiger partial charge in [-0.2, -0.15) is 0 Å². The zero-order valence-electron chi connectivity index (χ0n) is 10.0. The van der Waals surface area contributed by atoms with Gasteiger partial charge in [0.05, 0.1) is 17.2 Å². The summed E-state index contributed by atoms with van der Waals surface area (Å²) in [6, 6.07) is 10.4. The van der Waals surface area contributed by atoms with Crippen LogP contribution in [0.5, 0.6) is 5.75 Å². The normalized spacial score (nSPS) is 12.3. The lowest BCUT2D eigenvalue weighted by atomic mass is 10.0. The van der Waals surface area contributed by atoms with Crippen molar-refractivity contribution in [3.05, 3.63) is 62.0 Å². The molecule has 0 aliphatic carbocycles. The summed E-state index contributed by atoms with van der Waals surface area (Å²) in [6.45, 7) is 0. The van der Waals surface area contributed by atoms with E-state index in [4.69, 9.17) is 27.9 Å². The monoisotopic (exact) mass is 360 g/mol. The number of halogens is 3. The van der Waals surface area contributed by atoms with E-state index in [1.807, 2.05) is 0 Å². The minimum atomic E-state index is -0.813. The Hall–Kier alpha value is -0.740. The average Bonchev–Trinajstić information content (AvgIpc) is 2.41. The summed E-state index contributed by atoms with van der Waals surface area (Å²) >= 11 is 15.4. The lowest BCUT2D eigenvalue weighted by Crippen LogP contribution is -2.01. The topological polar surface area (TPSA) is 29.5 Å². The van der Waals surface area contributed by atoms with Gasteiger partial charge in [-0.25, -0.2) is 0 Å². The Bertz CT molecular complexity index is 602. The van der Waals surface area contributed by atoms with Crippen LogP contribution in [0.1, 0.15) is 17.2 Å². The Morgan fingerprint density at radius 3 is 2.42 bits per heavy atom. The molecule has 0 amide bonds. The van der Waals surface area contributed by atoms with Gasteiger partial charge in [0.1, 0.15) is 11.9 Å². The number of aliphatic hydroxyl groups is 1. The summed E-state index contributed by atoms with van der Waals surface area (Å²) in [6.07, 6.45) is -0.813. The third kappa shape index (κ3) is 3.23. The van der Waals surface area contributed by atoms with Gasteiger partial charge in [0.25, 0.3) is 0 Å². The van der Waals surface area contributed by atoms with E-state index < -0.39 is 6.10 Å². The number of hydrogen-bond acceptors (Lipinski definition) is 2. The van der Waals surface area contributed by atoms with Crippen LogP contribution in [0.25, 0.3) is 0 Å². The second kappa shape index (κ2) is 6.14. The average molecular weight is 362 g/mol. The van der Waals surface area contributed by atoms with E-state index in [0.717, 1.165) is 4.47 Å². The fourth-order valence-electron chi connectivity index (χ4n) is 1.72. The Morgan fingerprint density at radius 1 is 1.11 bits per heavy atom. The molecule has 2 nitrogen and oxygen atoms in total. The van der Waals surface area contributed by atoms with E-state index in [-0.39, 0.29) is 0 Å². The van der Waals surface area contributed by atoms with Crippen molar-refractivity contribution in [1.29, 1.82) is 0 Å². The van der Waals surface area contributed by atoms with Gasteiger partial charge in [-0.1, -0.05) is 35.3 Å². The highest BCUT2D eigenvalue weighted by molar-refractivity contribution is 9.10. The van der Waals surface area contributed by atoms with Crippen molar-refractivity contribution in [1.82, 2.24) is 0 Å². The second-order valence-corrected chi connectivity index (χ2v) is 5.63. The molecule has 0 bridgehead atoms. The molecule has 0 aliphatic heterocycles. The fraction of sp³-hybridized carbons (Fsp3) is 0.143. The van der Waals surface area contributed by atoms with Crippen molar-refractivity contribution in [2.24, 2.45) is 0 Å². The van der Waals surface area contributed by atoms with E-state index in [1.165, 1.54) is 0 Å². The molecule has 100 valence electrons. The van der Waals surface area contributed by atoms with E-state index in [0.29, 0.717) is 26.9 Å². The fourth-order valence-corrected chi connectivity index (χ4v) is 2.51. The zero-order chi connectivity index (χ0) is 14.0. The van der Waals surface area contributed by atoms with E-state index in [1.54, 1.807) is 43.5 Å². The lowest BCUT2D eigenvalue weighted by molar-refractivity contribution is 0.220. The number of methoxy groups -OCH3 is 1. The number of hydrogen-bond donors (Lipinski definition) is 1. The summed E-state index contributed by atoms with van der Waals surface area (Å²) in [7, 11) is 1.57. The molecule has 0 spiro atoms. The van der Waals surface area contributed by atoms with Crippen LogP contribution in [0.15, 0.2) is 40.9 Å². The van der Waals surface area contributed by atoms with Gasteiger partial charge in [-0.05, 0) is 45.8 Å². The standard InChI is InChI=1S/C14H11BrCl2O2/c1-19-9-3-4-10(13(17)7-9)14(18)8-2-5-12(16)11(15)6-8/h2-7,14,18H,1H3. The summed E-state index contributed by atoms with van der Waals surface area (Å²) in [4.78, 5) is 0. The Labute approximate surface area is 130 Å². The highest BCUT2D eigenvalue weighted by Gasteiger charge is 2.15. The Kier molecular flexibility index (Phi) is 4.74. The first-order valence-corrected chi connectivity index (χ1v) is 7.04. The number of benzene rings is 2. The molecule has 1 N–H and O–H groups in total. The summed E-state index contributed by atoms with van der Waals surface area (Å²) in [5.41, 5.74) is 1.33. The first kappa shape index (κ1) is 14.7.